The highest BCUT2D eigenvalue weighted by Gasteiger charge is 2.39. The molecule has 1 aromatic rings. The van der Waals surface area contributed by atoms with Crippen molar-refractivity contribution in [2.75, 3.05) is 6.54 Å². The van der Waals surface area contributed by atoms with E-state index in [1.165, 1.54) is 0 Å². The Hall–Kier alpha value is -0.890. The molecule has 0 amide bonds. The van der Waals surface area contributed by atoms with Crippen LogP contribution in [-0.4, -0.2) is 36.4 Å². The quantitative estimate of drug-likeness (QED) is 0.846. The molecule has 0 saturated carbocycles. The number of carboxylic acids is 1. The minimum atomic E-state index is -4.20. The van der Waals surface area contributed by atoms with Gasteiger partial charge in [-0.15, -0.1) is 0 Å². The number of hydrogen-bond acceptors (Lipinski definition) is 3. The lowest BCUT2D eigenvalue weighted by atomic mass is 10.1. The van der Waals surface area contributed by atoms with Gasteiger partial charge in [0.2, 0.25) is 10.0 Å². The largest absolute Gasteiger partial charge is 0.480 e. The van der Waals surface area contributed by atoms with Crippen LogP contribution in [-0.2, 0) is 14.8 Å². The van der Waals surface area contributed by atoms with E-state index in [1.807, 2.05) is 0 Å². The normalized spacial score (nSPS) is 20.4. The maximum absolute atomic E-state index is 13.7. The summed E-state index contributed by atoms with van der Waals surface area (Å²) in [5, 5.41) is 8.23. The average molecular weight is 356 g/mol. The Morgan fingerprint density at radius 1 is 1.33 bits per heavy atom. The summed E-state index contributed by atoms with van der Waals surface area (Å²) in [6.45, 7) is 0.0554. The van der Waals surface area contributed by atoms with Crippen LogP contribution in [0.4, 0.5) is 4.39 Å². The number of aliphatic carboxylic acids is 1. The Morgan fingerprint density at radius 3 is 2.62 bits per heavy atom. The summed E-state index contributed by atoms with van der Waals surface area (Å²) in [6.07, 6.45) is 1.37. The number of nitrogens with zero attached hydrogens (tertiary/aromatic N) is 1. The SMILES string of the molecule is O=C(O)C1CCCCN1S(=O)(=O)c1ccc(Cl)c(F)c1Cl. The number of piperidine rings is 1. The number of sulfonamides is 1. The van der Waals surface area contributed by atoms with Crippen LogP contribution in [0.5, 0.6) is 0 Å². The molecular formula is C12H12Cl2FNO4S. The number of carboxylic acid groups (broad SMARTS) is 1. The highest BCUT2D eigenvalue weighted by Crippen LogP contribution is 2.33. The van der Waals surface area contributed by atoms with Gasteiger partial charge in [0, 0.05) is 6.54 Å². The molecule has 0 radical (unpaired) electrons. The highest BCUT2D eigenvalue weighted by atomic mass is 35.5. The van der Waals surface area contributed by atoms with Crippen molar-refractivity contribution < 1.29 is 22.7 Å². The van der Waals surface area contributed by atoms with Crippen molar-refractivity contribution in [3.63, 3.8) is 0 Å². The molecule has 2 rings (SSSR count). The van der Waals surface area contributed by atoms with E-state index in [4.69, 9.17) is 28.3 Å². The van der Waals surface area contributed by atoms with Crippen LogP contribution in [0.1, 0.15) is 19.3 Å². The van der Waals surface area contributed by atoms with Crippen molar-refractivity contribution in [1.29, 1.82) is 0 Å². The first-order chi connectivity index (χ1) is 9.76. The van der Waals surface area contributed by atoms with Crippen molar-refractivity contribution in [2.45, 2.75) is 30.2 Å². The lowest BCUT2D eigenvalue weighted by Crippen LogP contribution is -2.47. The first-order valence-corrected chi connectivity index (χ1v) is 8.34. The molecule has 1 heterocycles. The summed E-state index contributed by atoms with van der Waals surface area (Å²) in [5.74, 6) is -2.27. The van der Waals surface area contributed by atoms with Gasteiger partial charge < -0.3 is 5.11 Å². The molecule has 1 aliphatic heterocycles. The zero-order valence-electron chi connectivity index (χ0n) is 10.7. The topological polar surface area (TPSA) is 74.7 Å². The molecule has 116 valence electrons. The molecule has 1 N–H and O–H groups in total. The lowest BCUT2D eigenvalue weighted by molar-refractivity contribution is -0.142. The van der Waals surface area contributed by atoms with Crippen LogP contribution < -0.4 is 0 Å². The Morgan fingerprint density at radius 2 is 2.00 bits per heavy atom. The summed E-state index contributed by atoms with van der Waals surface area (Å²) in [7, 11) is -4.20. The predicted octanol–water partition coefficient (Wildman–Crippen LogP) is 2.76. The molecule has 0 bridgehead atoms. The fourth-order valence-electron chi connectivity index (χ4n) is 2.27. The molecule has 1 atom stereocenters. The summed E-state index contributed by atoms with van der Waals surface area (Å²) < 4.78 is 39.6. The van der Waals surface area contributed by atoms with E-state index in [2.05, 4.69) is 0 Å². The molecule has 0 aromatic heterocycles. The van der Waals surface area contributed by atoms with E-state index in [1.54, 1.807) is 0 Å². The Kier molecular flexibility index (Phi) is 4.77. The van der Waals surface area contributed by atoms with Crippen molar-refractivity contribution in [1.82, 2.24) is 4.31 Å². The summed E-state index contributed by atoms with van der Waals surface area (Å²) >= 11 is 11.3. The monoisotopic (exact) mass is 355 g/mol. The van der Waals surface area contributed by atoms with E-state index in [9.17, 15) is 17.6 Å². The third-order valence-corrected chi connectivity index (χ3v) is 6.05. The number of benzene rings is 1. The predicted molar refractivity (Wildman–Crippen MR) is 75.6 cm³/mol. The molecule has 1 saturated heterocycles. The third-order valence-electron chi connectivity index (χ3n) is 3.33. The van der Waals surface area contributed by atoms with Gasteiger partial charge in [0.05, 0.1) is 10.0 Å². The van der Waals surface area contributed by atoms with Gasteiger partial charge in [-0.1, -0.05) is 23.2 Å². The van der Waals surface area contributed by atoms with Crippen LogP contribution in [0, 0.1) is 5.82 Å². The van der Waals surface area contributed by atoms with Crippen LogP contribution in [0.25, 0.3) is 0 Å². The lowest BCUT2D eigenvalue weighted by Gasteiger charge is -2.32. The minimum Gasteiger partial charge on any atom is -0.480 e. The van der Waals surface area contributed by atoms with Gasteiger partial charge in [-0.05, 0) is 31.4 Å². The number of rotatable bonds is 3. The van der Waals surface area contributed by atoms with Crippen LogP contribution in [0.2, 0.25) is 10.0 Å². The smallest absolute Gasteiger partial charge is 0.322 e. The van der Waals surface area contributed by atoms with Gasteiger partial charge in [0.15, 0.2) is 5.82 Å². The summed E-state index contributed by atoms with van der Waals surface area (Å²) in [4.78, 5) is 10.7. The van der Waals surface area contributed by atoms with E-state index < -0.39 is 37.8 Å². The average Bonchev–Trinajstić information content (AvgIpc) is 2.44. The molecule has 1 unspecified atom stereocenters. The first kappa shape index (κ1) is 16.5. The standard InChI is InChI=1S/C12H12Cl2FNO4S/c13-7-4-5-9(10(14)11(7)15)21(19,20)16-6-2-1-3-8(16)12(17)18/h4-5,8H,1-3,6H2,(H,17,18). The van der Waals surface area contributed by atoms with Gasteiger partial charge in [-0.25, -0.2) is 12.8 Å². The van der Waals surface area contributed by atoms with Crippen molar-refractivity contribution in [3.05, 3.63) is 28.0 Å². The van der Waals surface area contributed by atoms with Crippen LogP contribution >= 0.6 is 23.2 Å². The fraction of sp³-hybridized carbons (Fsp3) is 0.417. The molecule has 1 aromatic carbocycles. The number of halogens is 3. The summed E-state index contributed by atoms with van der Waals surface area (Å²) in [6, 6.07) is 0.991. The Balaban J connectivity index is 2.51. The maximum Gasteiger partial charge on any atom is 0.322 e. The molecule has 21 heavy (non-hydrogen) atoms. The van der Waals surface area contributed by atoms with E-state index in [0.29, 0.717) is 12.8 Å². The number of hydrogen-bond donors (Lipinski definition) is 1. The third kappa shape index (κ3) is 3.01. The fourth-order valence-corrected chi connectivity index (χ4v) is 4.65. The zero-order chi connectivity index (χ0) is 15.8. The van der Waals surface area contributed by atoms with Crippen molar-refractivity contribution in [3.8, 4) is 0 Å². The Bertz CT molecular complexity index is 680. The van der Waals surface area contributed by atoms with Gasteiger partial charge in [0.1, 0.15) is 10.9 Å². The van der Waals surface area contributed by atoms with Crippen LogP contribution in [0.15, 0.2) is 17.0 Å². The van der Waals surface area contributed by atoms with Crippen LogP contribution in [0.3, 0.4) is 0 Å². The molecule has 1 aliphatic rings. The van der Waals surface area contributed by atoms with Crippen molar-refractivity contribution in [2.24, 2.45) is 0 Å². The molecule has 9 heteroatoms. The second-order valence-corrected chi connectivity index (χ2v) is 7.28. The van der Waals surface area contributed by atoms with Crippen molar-refractivity contribution >= 4 is 39.2 Å². The van der Waals surface area contributed by atoms with Gasteiger partial charge in [-0.3, -0.25) is 4.79 Å². The zero-order valence-corrected chi connectivity index (χ0v) is 13.1. The van der Waals surface area contributed by atoms with Gasteiger partial charge in [0.25, 0.3) is 0 Å². The highest BCUT2D eigenvalue weighted by molar-refractivity contribution is 7.89. The minimum absolute atomic E-state index is 0.0554. The van der Waals surface area contributed by atoms with Gasteiger partial charge >= 0.3 is 5.97 Å². The summed E-state index contributed by atoms with van der Waals surface area (Å²) in [5.41, 5.74) is 0. The van der Waals surface area contributed by atoms with E-state index >= 15 is 0 Å². The molecule has 5 nitrogen and oxygen atoms in total. The van der Waals surface area contributed by atoms with E-state index in [-0.39, 0.29) is 18.0 Å². The molecular weight excluding hydrogens is 344 g/mol. The molecule has 1 fully saturated rings. The second kappa shape index (κ2) is 6.08. The Labute approximate surface area is 131 Å². The molecule has 0 spiro atoms. The maximum atomic E-state index is 13.7. The molecule has 0 aliphatic carbocycles. The second-order valence-electron chi connectivity index (χ2n) is 4.64. The van der Waals surface area contributed by atoms with E-state index in [0.717, 1.165) is 16.4 Å². The van der Waals surface area contributed by atoms with Gasteiger partial charge in [-0.2, -0.15) is 4.31 Å². The number of carbonyl (C=O) groups is 1. The first-order valence-electron chi connectivity index (χ1n) is 6.15.